The van der Waals surface area contributed by atoms with E-state index < -0.39 is 23.8 Å². The zero-order valence-corrected chi connectivity index (χ0v) is 22.6. The molecule has 0 spiro atoms. The van der Waals surface area contributed by atoms with Gasteiger partial charge in [-0.2, -0.15) is 0 Å². The Morgan fingerprint density at radius 1 is 1.08 bits per heavy atom. The van der Waals surface area contributed by atoms with E-state index in [2.05, 4.69) is 35.7 Å². The smallest absolute Gasteiger partial charge is 0.326 e. The molecule has 9 heteroatoms. The van der Waals surface area contributed by atoms with Gasteiger partial charge in [-0.3, -0.25) is 9.59 Å². The Morgan fingerprint density at radius 3 is 2.54 bits per heavy atom. The first-order chi connectivity index (χ1) is 17.5. The zero-order valence-electron chi connectivity index (χ0n) is 22.6. The number of carbonyl (C=O) groups is 3. The van der Waals surface area contributed by atoms with Gasteiger partial charge in [-0.1, -0.05) is 38.4 Å². The summed E-state index contributed by atoms with van der Waals surface area (Å²) in [5.41, 5.74) is 2.52. The summed E-state index contributed by atoms with van der Waals surface area (Å²) in [7, 11) is 0. The molecule has 4 N–H and O–H groups in total. The van der Waals surface area contributed by atoms with Crippen molar-refractivity contribution in [2.24, 2.45) is 39.7 Å². The highest BCUT2D eigenvalue weighted by Crippen LogP contribution is 2.65. The molecule has 7 atom stereocenters. The van der Waals surface area contributed by atoms with Gasteiger partial charge in [0.1, 0.15) is 6.04 Å². The van der Waals surface area contributed by atoms with Crippen LogP contribution in [0.25, 0.3) is 0 Å². The van der Waals surface area contributed by atoms with E-state index in [1.165, 1.54) is 12.0 Å². The second kappa shape index (κ2) is 10.8. The summed E-state index contributed by atoms with van der Waals surface area (Å²) >= 11 is 0. The molecule has 37 heavy (non-hydrogen) atoms. The molecule has 3 saturated carbocycles. The van der Waals surface area contributed by atoms with Crippen molar-refractivity contribution in [1.82, 2.24) is 10.6 Å². The molecule has 0 radical (unpaired) electrons. The highest BCUT2D eigenvalue weighted by Gasteiger charge is 2.58. The molecule has 0 aromatic heterocycles. The van der Waals surface area contributed by atoms with Gasteiger partial charge in [-0.15, -0.1) is 0 Å². The van der Waals surface area contributed by atoms with Gasteiger partial charge in [-0.05, 0) is 91.9 Å². The second-order valence-corrected chi connectivity index (χ2v) is 12.4. The summed E-state index contributed by atoms with van der Waals surface area (Å²) in [5.74, 6) is -0.492. The van der Waals surface area contributed by atoms with E-state index in [1.54, 1.807) is 13.8 Å². The number of rotatable bonds is 8. The molecule has 0 bridgehead atoms. The van der Waals surface area contributed by atoms with Crippen LogP contribution in [0.5, 0.6) is 0 Å². The quantitative estimate of drug-likeness (QED) is 0.365. The van der Waals surface area contributed by atoms with Crippen molar-refractivity contribution in [1.29, 1.82) is 0 Å². The molecular formula is C28H43N3O6. The van der Waals surface area contributed by atoms with E-state index in [4.69, 9.17) is 9.94 Å². The maximum Gasteiger partial charge on any atom is 0.326 e. The van der Waals surface area contributed by atoms with Gasteiger partial charge in [0, 0.05) is 0 Å². The van der Waals surface area contributed by atoms with Gasteiger partial charge in [0.15, 0.2) is 6.61 Å². The van der Waals surface area contributed by atoms with Crippen LogP contribution in [0.15, 0.2) is 16.8 Å². The highest BCUT2D eigenvalue weighted by molar-refractivity contribution is 5.96. The number of oxime groups is 1. The fraction of sp³-hybridized carbons (Fsp3) is 0.786. The van der Waals surface area contributed by atoms with E-state index in [1.807, 2.05) is 0 Å². The molecule has 206 valence electrons. The third-order valence-corrected chi connectivity index (χ3v) is 10.0. The number of carbonyl (C=O) groups excluding carboxylic acids is 2. The van der Waals surface area contributed by atoms with Crippen molar-refractivity contribution in [3.63, 3.8) is 0 Å². The minimum Gasteiger partial charge on any atom is -0.480 e. The Kier molecular flexibility index (Phi) is 8.02. The Bertz CT molecular complexity index is 977. The van der Waals surface area contributed by atoms with Gasteiger partial charge in [0.05, 0.1) is 18.4 Å². The third kappa shape index (κ3) is 5.42. The van der Waals surface area contributed by atoms with Crippen LogP contribution in [0.3, 0.4) is 0 Å². The summed E-state index contributed by atoms with van der Waals surface area (Å²) in [5, 5.41) is 28.9. The number of carboxylic acids is 1. The van der Waals surface area contributed by atoms with E-state index >= 15 is 0 Å². The predicted molar refractivity (Wildman–Crippen MR) is 139 cm³/mol. The van der Waals surface area contributed by atoms with Crippen molar-refractivity contribution in [2.45, 2.75) is 91.2 Å². The number of allylic oxidation sites excluding steroid dienone is 2. The van der Waals surface area contributed by atoms with Gasteiger partial charge in [0.2, 0.25) is 5.91 Å². The molecule has 3 fully saturated rings. The van der Waals surface area contributed by atoms with E-state index in [-0.39, 0.29) is 36.0 Å². The number of nitrogens with zero attached hydrogens (tertiary/aromatic N) is 1. The number of aliphatic hydroxyl groups excluding tert-OH is 1. The third-order valence-electron chi connectivity index (χ3n) is 10.0. The van der Waals surface area contributed by atoms with E-state index in [0.29, 0.717) is 17.8 Å². The maximum atomic E-state index is 12.1. The maximum absolute atomic E-state index is 12.1. The average molecular weight is 518 g/mol. The molecule has 9 nitrogen and oxygen atoms in total. The van der Waals surface area contributed by atoms with Crippen molar-refractivity contribution >= 4 is 23.5 Å². The first kappa shape index (κ1) is 27.6. The first-order valence-corrected chi connectivity index (χ1v) is 13.8. The number of hydrogen-bond acceptors (Lipinski definition) is 6. The molecule has 0 heterocycles. The molecule has 0 saturated heterocycles. The first-order valence-electron chi connectivity index (χ1n) is 13.8. The van der Waals surface area contributed by atoms with Crippen LogP contribution in [0, 0.1) is 34.5 Å². The van der Waals surface area contributed by atoms with Crippen LogP contribution in [0.1, 0.15) is 79.1 Å². The summed E-state index contributed by atoms with van der Waals surface area (Å²) in [6, 6.07) is -1.00. The molecule has 0 aromatic carbocycles. The monoisotopic (exact) mass is 517 g/mol. The van der Waals surface area contributed by atoms with Gasteiger partial charge in [0.25, 0.3) is 5.91 Å². The SMILES string of the molecule is CC(C)[C@H](NC(=O)CNC(=O)CON=C1C=C2CC[C@H]3[C@@H](CC[C@]4(C)[C@H](O)CC[C@@H]34)[C@@]2(C)CC1)C(=O)O. The Labute approximate surface area is 219 Å². The van der Waals surface area contributed by atoms with Crippen LogP contribution >= 0.6 is 0 Å². The molecule has 4 aliphatic rings. The zero-order chi connectivity index (χ0) is 27.0. The molecule has 4 aliphatic carbocycles. The fourth-order valence-corrected chi connectivity index (χ4v) is 7.76. The van der Waals surface area contributed by atoms with Crippen LogP contribution in [0.2, 0.25) is 0 Å². The van der Waals surface area contributed by atoms with Crippen molar-refractivity contribution in [2.75, 3.05) is 13.2 Å². The normalized spacial score (nSPS) is 36.6. The fourth-order valence-electron chi connectivity index (χ4n) is 7.76. The van der Waals surface area contributed by atoms with E-state index in [9.17, 15) is 19.5 Å². The minimum atomic E-state index is -1.11. The van der Waals surface area contributed by atoms with Crippen LogP contribution in [-0.4, -0.2) is 59.0 Å². The van der Waals surface area contributed by atoms with E-state index in [0.717, 1.165) is 50.7 Å². The van der Waals surface area contributed by atoms with Gasteiger partial charge >= 0.3 is 5.97 Å². The number of aliphatic hydroxyl groups is 1. The van der Waals surface area contributed by atoms with Crippen molar-refractivity contribution < 1.29 is 29.4 Å². The van der Waals surface area contributed by atoms with Crippen molar-refractivity contribution in [3.8, 4) is 0 Å². The number of amides is 2. The Morgan fingerprint density at radius 2 is 1.84 bits per heavy atom. The number of nitrogens with one attached hydrogen (secondary N) is 2. The number of aliphatic carboxylic acids is 1. The lowest BCUT2D eigenvalue weighted by molar-refractivity contribution is -0.143. The number of carboxylic acid groups (broad SMARTS) is 1. The van der Waals surface area contributed by atoms with Gasteiger partial charge in [-0.25, -0.2) is 4.79 Å². The lowest BCUT2D eigenvalue weighted by Gasteiger charge is -2.57. The molecular weight excluding hydrogens is 474 g/mol. The molecule has 0 unspecified atom stereocenters. The molecule has 2 amide bonds. The molecule has 0 aromatic rings. The summed E-state index contributed by atoms with van der Waals surface area (Å²) < 4.78 is 0. The summed E-state index contributed by atoms with van der Waals surface area (Å²) in [4.78, 5) is 40.6. The van der Waals surface area contributed by atoms with Gasteiger partial charge < -0.3 is 25.7 Å². The minimum absolute atomic E-state index is 0.0848. The average Bonchev–Trinajstić information content (AvgIpc) is 3.15. The summed E-state index contributed by atoms with van der Waals surface area (Å²) in [6.45, 7) is 7.49. The van der Waals surface area contributed by atoms with Crippen LogP contribution in [0.4, 0.5) is 0 Å². The topological polar surface area (TPSA) is 137 Å². The Hall–Kier alpha value is -2.42. The number of hydrogen-bond donors (Lipinski definition) is 4. The standard InChI is InChI=1S/C28H43N3O6/c1-16(2)25(26(35)36)30-23(33)14-29-24(34)15-37-31-18-9-11-27(3)17(13-18)5-6-19-20-7-8-22(32)28(20,4)12-10-21(19)27/h13,16,19-22,25,32H,5-12,14-15H2,1-4H3,(H,29,34)(H,30,33)(H,35,36)/t19-,20+,21-,22-,25+,27+,28+/m1/s1. The highest BCUT2D eigenvalue weighted by atomic mass is 16.6. The van der Waals surface area contributed by atoms with Crippen molar-refractivity contribution in [3.05, 3.63) is 11.6 Å². The number of fused-ring (bicyclic) bond motifs is 5. The predicted octanol–water partition coefficient (Wildman–Crippen LogP) is 3.02. The second-order valence-electron chi connectivity index (χ2n) is 12.4. The molecule has 0 aliphatic heterocycles. The van der Waals surface area contributed by atoms with Crippen LogP contribution in [-0.2, 0) is 19.2 Å². The largest absolute Gasteiger partial charge is 0.480 e. The Balaban J connectivity index is 1.28. The summed E-state index contributed by atoms with van der Waals surface area (Å²) in [6.07, 6.45) is 10.4. The van der Waals surface area contributed by atoms with Crippen LogP contribution < -0.4 is 10.6 Å². The molecule has 4 rings (SSSR count). The lowest BCUT2D eigenvalue weighted by atomic mass is 9.47. The lowest BCUT2D eigenvalue weighted by Crippen LogP contribution is -2.51.